The van der Waals surface area contributed by atoms with Gasteiger partial charge >= 0.3 is 5.97 Å². The number of hydrogen-bond acceptors (Lipinski definition) is 17. The average molecular weight is 927 g/mol. The average Bonchev–Trinajstić information content (AvgIpc) is 3.24. The van der Waals surface area contributed by atoms with E-state index in [-0.39, 0.29) is 33.7 Å². The lowest BCUT2D eigenvalue weighted by Gasteiger charge is -2.69. The van der Waals surface area contributed by atoms with E-state index in [9.17, 15) is 51.1 Å². The minimum absolute atomic E-state index is 0.0639. The molecule has 7 fully saturated rings. The molecule has 3 aliphatic heterocycles. The van der Waals surface area contributed by atoms with Crippen molar-refractivity contribution in [3.05, 3.63) is 11.6 Å². The molecule has 17 nitrogen and oxygen atoms in total. The van der Waals surface area contributed by atoms with Crippen molar-refractivity contribution >= 4 is 5.97 Å². The number of aliphatic hydroxyl groups excluding tert-OH is 10. The molecule has 0 radical (unpaired) electrons. The Morgan fingerprint density at radius 3 is 2.02 bits per heavy atom. The van der Waals surface area contributed by atoms with Crippen molar-refractivity contribution in [2.45, 2.75) is 218 Å². The predicted molar refractivity (Wildman–Crippen MR) is 229 cm³/mol. The summed E-state index contributed by atoms with van der Waals surface area (Å²) in [5.74, 6) is 0.408. The van der Waals surface area contributed by atoms with E-state index in [0.717, 1.165) is 51.4 Å². The van der Waals surface area contributed by atoms with Crippen LogP contribution in [0.1, 0.15) is 120 Å². The van der Waals surface area contributed by atoms with E-state index in [1.165, 1.54) is 12.5 Å². The van der Waals surface area contributed by atoms with Crippen LogP contribution in [-0.2, 0) is 33.2 Å². The lowest BCUT2D eigenvalue weighted by molar-refractivity contribution is -0.361. The topological polar surface area (TPSA) is 275 Å². The Bertz CT molecular complexity index is 1780. The van der Waals surface area contributed by atoms with Gasteiger partial charge < -0.3 is 79.5 Å². The quantitative estimate of drug-likeness (QED) is 0.121. The highest BCUT2D eigenvalue weighted by Gasteiger charge is 2.69. The van der Waals surface area contributed by atoms with Crippen molar-refractivity contribution in [3.63, 3.8) is 0 Å². The van der Waals surface area contributed by atoms with Gasteiger partial charge in [-0.25, -0.2) is 0 Å². The van der Waals surface area contributed by atoms with Crippen molar-refractivity contribution in [2.75, 3.05) is 13.2 Å². The van der Waals surface area contributed by atoms with Crippen LogP contribution in [0, 0.1) is 50.2 Å². The van der Waals surface area contributed by atoms with Gasteiger partial charge in [0.25, 0.3) is 0 Å². The van der Waals surface area contributed by atoms with Gasteiger partial charge in [0.1, 0.15) is 67.1 Å². The van der Waals surface area contributed by atoms with E-state index in [0.29, 0.717) is 24.7 Å². The maximum absolute atomic E-state index is 15.0. The summed E-state index contributed by atoms with van der Waals surface area (Å²) in [5.41, 5.74) is -0.288. The summed E-state index contributed by atoms with van der Waals surface area (Å²) in [6, 6.07) is 0. The maximum Gasteiger partial charge on any atom is 0.315 e. The fourth-order valence-corrected chi connectivity index (χ4v) is 15.2. The number of rotatable bonds is 8. The van der Waals surface area contributed by atoms with Crippen molar-refractivity contribution in [3.8, 4) is 0 Å². The van der Waals surface area contributed by atoms with E-state index in [1.54, 1.807) is 0 Å². The van der Waals surface area contributed by atoms with Gasteiger partial charge in [0.15, 0.2) is 12.6 Å². The van der Waals surface area contributed by atoms with Gasteiger partial charge in [0.05, 0.1) is 30.8 Å². The highest BCUT2D eigenvalue weighted by molar-refractivity contribution is 5.79. The Hall–Kier alpha value is -1.39. The fraction of sp³-hybridized carbons (Fsp3) is 0.938. The van der Waals surface area contributed by atoms with Crippen molar-refractivity contribution < 1.29 is 84.3 Å². The van der Waals surface area contributed by atoms with Gasteiger partial charge in [-0.3, -0.25) is 4.79 Å². The Balaban J connectivity index is 0.978. The highest BCUT2D eigenvalue weighted by Crippen LogP contribution is 2.75. The van der Waals surface area contributed by atoms with Crippen LogP contribution in [0.15, 0.2) is 11.6 Å². The minimum atomic E-state index is -1.84. The number of ether oxygens (including phenoxy) is 6. The molecular weight excluding hydrogens is 849 g/mol. The van der Waals surface area contributed by atoms with E-state index in [2.05, 4.69) is 54.5 Å². The summed E-state index contributed by atoms with van der Waals surface area (Å²) < 4.78 is 34.8. The molecule has 0 amide bonds. The van der Waals surface area contributed by atoms with Crippen LogP contribution in [0.25, 0.3) is 0 Å². The van der Waals surface area contributed by atoms with E-state index >= 15 is 4.79 Å². The van der Waals surface area contributed by atoms with Crippen LogP contribution in [0.4, 0.5) is 0 Å². The first kappa shape index (κ1) is 50.0. The fourth-order valence-electron chi connectivity index (χ4n) is 15.2. The summed E-state index contributed by atoms with van der Waals surface area (Å²) in [4.78, 5) is 15.0. The lowest BCUT2D eigenvalue weighted by atomic mass is 9.35. The number of carbonyl (C=O) groups is 1. The maximum atomic E-state index is 15.0. The smallest absolute Gasteiger partial charge is 0.315 e. The van der Waals surface area contributed by atoms with Gasteiger partial charge in [-0.1, -0.05) is 60.1 Å². The Morgan fingerprint density at radius 2 is 1.32 bits per heavy atom. The molecule has 0 unspecified atom stereocenters. The van der Waals surface area contributed by atoms with Crippen LogP contribution in [0.3, 0.4) is 0 Å². The third kappa shape index (κ3) is 7.90. The zero-order chi connectivity index (χ0) is 47.6. The van der Waals surface area contributed by atoms with E-state index < -0.39 is 122 Å². The van der Waals surface area contributed by atoms with Crippen LogP contribution >= 0.6 is 0 Å². The summed E-state index contributed by atoms with van der Waals surface area (Å²) in [7, 11) is 0. The minimum Gasteiger partial charge on any atom is -0.432 e. The summed E-state index contributed by atoms with van der Waals surface area (Å²) in [6.07, 6.45) is -13.7. The Labute approximate surface area is 382 Å². The largest absolute Gasteiger partial charge is 0.432 e. The van der Waals surface area contributed by atoms with E-state index in [1.807, 2.05) is 0 Å². The molecule has 17 heteroatoms. The molecule has 0 spiro atoms. The van der Waals surface area contributed by atoms with Gasteiger partial charge in [0, 0.05) is 0 Å². The molecule has 372 valence electrons. The normalized spacial score (nSPS) is 53.9. The lowest BCUT2D eigenvalue weighted by Crippen LogP contribution is -2.65. The first-order valence-corrected chi connectivity index (χ1v) is 24.2. The molecule has 0 aromatic rings. The molecule has 3 saturated heterocycles. The molecule has 23 atom stereocenters. The summed E-state index contributed by atoms with van der Waals surface area (Å²) >= 11 is 0. The number of carbonyl (C=O) groups excluding carboxylic acids is 1. The SMILES string of the molecule is C[C@@H]1O[C@@H](O[C@H]2[C@H](O)[C@@H](O)[C@H](OC[C@H]3O[C@@H](OC(=O)[C@@]45CC=C6[C@H](CC[C@@H]7[C@@]8(C)CC[C@H](O)C(C)(C)[C@@H]8CC[C@@]67C)[C@]4(C)CC(C)(C)CC5)[C@H](O)[C@@H](O)[C@@H]3O)O[C@@H]2CO)[C@H](O)[C@H](O)[C@H]1O. The third-order valence-corrected chi connectivity index (χ3v) is 19.0. The predicted octanol–water partition coefficient (Wildman–Crippen LogP) is 1.17. The number of esters is 1. The molecule has 3 heterocycles. The second-order valence-electron chi connectivity index (χ2n) is 23.5. The summed E-state index contributed by atoms with van der Waals surface area (Å²) in [5, 5.41) is 108. The Morgan fingerprint density at radius 1 is 0.677 bits per heavy atom. The molecule has 0 bridgehead atoms. The second-order valence-corrected chi connectivity index (χ2v) is 23.5. The number of fused-ring (bicyclic) bond motifs is 7. The van der Waals surface area contributed by atoms with Crippen LogP contribution < -0.4 is 0 Å². The van der Waals surface area contributed by atoms with Gasteiger partial charge in [-0.05, 0) is 116 Å². The van der Waals surface area contributed by atoms with Crippen molar-refractivity contribution in [1.29, 1.82) is 0 Å². The third-order valence-electron chi connectivity index (χ3n) is 19.0. The van der Waals surface area contributed by atoms with Crippen LogP contribution in [-0.4, -0.2) is 168 Å². The molecule has 10 N–H and O–H groups in total. The number of hydrogen-bond donors (Lipinski definition) is 10. The molecular formula is C48H78O17. The summed E-state index contributed by atoms with van der Waals surface area (Å²) in [6.45, 7) is 16.2. The monoisotopic (exact) mass is 927 g/mol. The van der Waals surface area contributed by atoms with Crippen LogP contribution in [0.2, 0.25) is 0 Å². The first-order chi connectivity index (χ1) is 30.3. The molecule has 0 aromatic heterocycles. The molecule has 5 aliphatic carbocycles. The first-order valence-electron chi connectivity index (χ1n) is 24.2. The number of allylic oxidation sites excluding steroid dienone is 2. The van der Waals surface area contributed by atoms with Gasteiger partial charge in [-0.2, -0.15) is 0 Å². The zero-order valence-corrected chi connectivity index (χ0v) is 39.4. The second kappa shape index (κ2) is 17.5. The molecule has 4 saturated carbocycles. The van der Waals surface area contributed by atoms with Crippen LogP contribution in [0.5, 0.6) is 0 Å². The highest BCUT2D eigenvalue weighted by atomic mass is 16.8. The van der Waals surface area contributed by atoms with Crippen molar-refractivity contribution in [2.24, 2.45) is 50.2 Å². The van der Waals surface area contributed by atoms with Crippen molar-refractivity contribution in [1.82, 2.24) is 0 Å². The number of aliphatic hydroxyl groups is 10. The van der Waals surface area contributed by atoms with Gasteiger partial charge in [0.2, 0.25) is 6.29 Å². The molecule has 8 aliphatic rings. The Kier molecular flexibility index (Phi) is 13.4. The molecule has 0 aromatic carbocycles. The molecule has 65 heavy (non-hydrogen) atoms. The zero-order valence-electron chi connectivity index (χ0n) is 39.4. The standard InChI is InChI=1S/C48H78O17/c1-22-30(51)32(53)35(56)40(61-22)64-38-25(19-49)62-39(37(58)34(38)55)60-20-26-31(52)33(54)36(57)41(63-26)65-42(59)48-16-11-23-24(47(48,8)21-43(2,3)17-18-48)9-10-28-45(23,6)14-12-27-44(4,5)29(50)13-15-46(27,28)7/h11,22,24-41,49-58H,9-10,12-21H2,1-8H3/t22-,24-,25+,26+,27-,28-,29-,30-,31+,32+,33-,34+,35+,36+,37+,38+,39+,40-,41-,45-,46-,47-,48-/m0/s1. The van der Waals surface area contributed by atoms with Gasteiger partial charge in [-0.15, -0.1) is 0 Å². The van der Waals surface area contributed by atoms with E-state index in [4.69, 9.17) is 28.4 Å². The molecule has 8 rings (SSSR count).